The van der Waals surface area contributed by atoms with Crippen molar-refractivity contribution in [2.45, 2.75) is 33.6 Å². The van der Waals surface area contributed by atoms with Crippen LogP contribution < -0.4 is 5.32 Å². The van der Waals surface area contributed by atoms with E-state index in [1.54, 1.807) is 18.5 Å². The molecular weight excluding hydrogens is 292 g/mol. The quantitative estimate of drug-likeness (QED) is 0.819. The summed E-state index contributed by atoms with van der Waals surface area (Å²) in [5, 5.41) is 4.01. The average molecular weight is 313 g/mol. The average Bonchev–Trinajstić information content (AvgIpc) is 2.34. The highest BCUT2D eigenvalue weighted by atomic mass is 79.9. The summed E-state index contributed by atoms with van der Waals surface area (Å²) >= 11 is 3.43. The van der Waals surface area contributed by atoms with Crippen LogP contribution in [0.2, 0.25) is 0 Å². The molecule has 0 radical (unpaired) electrons. The first kappa shape index (κ1) is 15.2. The lowest BCUT2D eigenvalue weighted by Crippen LogP contribution is -2.34. The van der Waals surface area contributed by atoms with Crippen LogP contribution in [-0.4, -0.2) is 22.8 Å². The molecule has 4 heteroatoms. The first-order valence-corrected chi connectivity index (χ1v) is 7.33. The van der Waals surface area contributed by atoms with Gasteiger partial charge in [0.1, 0.15) is 0 Å². The normalized spacial score (nSPS) is 11.3. The number of carbonyl (C=O) groups excluding carboxylic acids is 1. The number of amides is 1. The fourth-order valence-corrected chi connectivity index (χ4v) is 2.06. The van der Waals surface area contributed by atoms with E-state index in [2.05, 4.69) is 40.1 Å². The number of aromatic nitrogens is 1. The van der Waals surface area contributed by atoms with Gasteiger partial charge in [0, 0.05) is 29.8 Å². The van der Waals surface area contributed by atoms with Crippen LogP contribution in [-0.2, 0) is 0 Å². The number of hydrogen-bond donors (Lipinski definition) is 1. The number of alkyl halides is 1. The van der Waals surface area contributed by atoms with Gasteiger partial charge in [0.2, 0.25) is 0 Å². The molecule has 0 spiro atoms. The lowest BCUT2D eigenvalue weighted by atomic mass is 9.88. The summed E-state index contributed by atoms with van der Waals surface area (Å²) in [5.41, 5.74) is 1.75. The van der Waals surface area contributed by atoms with E-state index in [-0.39, 0.29) is 11.3 Å². The van der Waals surface area contributed by atoms with Crippen molar-refractivity contribution >= 4 is 21.8 Å². The molecule has 18 heavy (non-hydrogen) atoms. The van der Waals surface area contributed by atoms with E-state index < -0.39 is 0 Å². The highest BCUT2D eigenvalue weighted by Gasteiger charge is 2.19. The van der Waals surface area contributed by atoms with E-state index in [0.717, 1.165) is 23.7 Å². The fourth-order valence-electron chi connectivity index (χ4n) is 1.78. The molecular formula is C14H21BrN2O. The Balaban J connectivity index is 2.54. The lowest BCUT2D eigenvalue weighted by molar-refractivity contribution is 0.0934. The Bertz CT molecular complexity index is 405. The smallest absolute Gasteiger partial charge is 0.251 e. The Morgan fingerprint density at radius 1 is 1.50 bits per heavy atom. The summed E-state index contributed by atoms with van der Waals surface area (Å²) in [6, 6.07) is 1.76. The minimum atomic E-state index is -0.0122. The molecule has 1 aromatic rings. The van der Waals surface area contributed by atoms with Crippen LogP contribution >= 0.6 is 15.9 Å². The molecule has 1 heterocycles. The lowest BCUT2D eigenvalue weighted by Gasteiger charge is -2.24. The maximum atomic E-state index is 12.0. The standard InChI is InChI=1S/C14H21BrN2O/c1-11-9-16-8-5-12(11)13(18)17-10-14(2,3)6-4-7-15/h5,8-9H,4,6-7,10H2,1-3H3,(H,17,18). The number of aryl methyl sites for hydroxylation is 1. The van der Waals surface area contributed by atoms with Crippen molar-refractivity contribution in [1.82, 2.24) is 10.3 Å². The zero-order valence-corrected chi connectivity index (χ0v) is 12.9. The summed E-state index contributed by atoms with van der Waals surface area (Å²) in [6.07, 6.45) is 5.58. The van der Waals surface area contributed by atoms with Gasteiger partial charge in [-0.05, 0) is 36.8 Å². The molecule has 0 aliphatic carbocycles. The number of nitrogens with zero attached hydrogens (tertiary/aromatic N) is 1. The van der Waals surface area contributed by atoms with Crippen LogP contribution in [0.25, 0.3) is 0 Å². The Labute approximate surface area is 118 Å². The molecule has 0 aliphatic rings. The van der Waals surface area contributed by atoms with Gasteiger partial charge in [0.05, 0.1) is 0 Å². The van der Waals surface area contributed by atoms with Crippen molar-refractivity contribution in [2.75, 3.05) is 11.9 Å². The Morgan fingerprint density at radius 2 is 2.22 bits per heavy atom. The molecule has 0 aliphatic heterocycles. The van der Waals surface area contributed by atoms with Crippen molar-refractivity contribution in [2.24, 2.45) is 5.41 Å². The molecule has 0 atom stereocenters. The van der Waals surface area contributed by atoms with Crippen molar-refractivity contribution in [3.8, 4) is 0 Å². The van der Waals surface area contributed by atoms with Crippen LogP contribution in [0.15, 0.2) is 18.5 Å². The predicted molar refractivity (Wildman–Crippen MR) is 78.1 cm³/mol. The second-order valence-corrected chi connectivity index (χ2v) is 6.12. The minimum absolute atomic E-state index is 0.0122. The van der Waals surface area contributed by atoms with Gasteiger partial charge in [-0.25, -0.2) is 0 Å². The van der Waals surface area contributed by atoms with Crippen LogP contribution in [0.1, 0.15) is 42.6 Å². The van der Waals surface area contributed by atoms with Crippen LogP contribution in [0.3, 0.4) is 0 Å². The van der Waals surface area contributed by atoms with Crippen molar-refractivity contribution in [3.05, 3.63) is 29.6 Å². The van der Waals surface area contributed by atoms with Gasteiger partial charge in [0.15, 0.2) is 0 Å². The molecule has 0 saturated heterocycles. The van der Waals surface area contributed by atoms with Crippen molar-refractivity contribution in [1.29, 1.82) is 0 Å². The maximum Gasteiger partial charge on any atom is 0.251 e. The highest BCUT2D eigenvalue weighted by Crippen LogP contribution is 2.21. The number of carbonyl (C=O) groups is 1. The topological polar surface area (TPSA) is 42.0 Å². The number of rotatable bonds is 6. The molecule has 1 N–H and O–H groups in total. The van der Waals surface area contributed by atoms with E-state index in [0.29, 0.717) is 12.1 Å². The zero-order valence-electron chi connectivity index (χ0n) is 11.3. The largest absolute Gasteiger partial charge is 0.351 e. The number of halogens is 1. The Morgan fingerprint density at radius 3 is 2.83 bits per heavy atom. The van der Waals surface area contributed by atoms with E-state index in [1.165, 1.54) is 0 Å². The third-order valence-corrected chi connectivity index (χ3v) is 3.54. The fraction of sp³-hybridized carbons (Fsp3) is 0.571. The predicted octanol–water partition coefficient (Wildman–Crippen LogP) is 3.32. The zero-order chi connectivity index (χ0) is 13.6. The Kier molecular flexibility index (Phi) is 5.79. The van der Waals surface area contributed by atoms with Crippen LogP contribution in [0, 0.1) is 12.3 Å². The second-order valence-electron chi connectivity index (χ2n) is 5.33. The molecule has 100 valence electrons. The number of nitrogens with one attached hydrogen (secondary N) is 1. The summed E-state index contributed by atoms with van der Waals surface area (Å²) < 4.78 is 0. The third-order valence-electron chi connectivity index (χ3n) is 2.98. The van der Waals surface area contributed by atoms with Gasteiger partial charge in [-0.2, -0.15) is 0 Å². The summed E-state index contributed by atoms with van der Waals surface area (Å²) in [4.78, 5) is 16.0. The van der Waals surface area contributed by atoms with Gasteiger partial charge in [-0.1, -0.05) is 29.8 Å². The van der Waals surface area contributed by atoms with Gasteiger partial charge < -0.3 is 5.32 Å². The molecule has 3 nitrogen and oxygen atoms in total. The summed E-state index contributed by atoms with van der Waals surface area (Å²) in [5.74, 6) is -0.0122. The minimum Gasteiger partial charge on any atom is -0.351 e. The molecule has 0 saturated carbocycles. The van der Waals surface area contributed by atoms with Crippen molar-refractivity contribution < 1.29 is 4.79 Å². The molecule has 0 fully saturated rings. The summed E-state index contributed by atoms with van der Waals surface area (Å²) in [7, 11) is 0. The van der Waals surface area contributed by atoms with E-state index >= 15 is 0 Å². The highest BCUT2D eigenvalue weighted by molar-refractivity contribution is 9.09. The number of hydrogen-bond acceptors (Lipinski definition) is 2. The van der Waals surface area contributed by atoms with Crippen LogP contribution in [0.4, 0.5) is 0 Å². The second kappa shape index (κ2) is 6.88. The maximum absolute atomic E-state index is 12.0. The van der Waals surface area contributed by atoms with Gasteiger partial charge in [0.25, 0.3) is 5.91 Å². The first-order valence-electron chi connectivity index (χ1n) is 6.21. The van der Waals surface area contributed by atoms with E-state index in [1.807, 2.05) is 6.92 Å². The van der Waals surface area contributed by atoms with E-state index in [4.69, 9.17) is 0 Å². The van der Waals surface area contributed by atoms with Crippen molar-refractivity contribution in [3.63, 3.8) is 0 Å². The molecule has 0 bridgehead atoms. The molecule has 0 aromatic carbocycles. The van der Waals surface area contributed by atoms with Gasteiger partial charge in [-0.3, -0.25) is 9.78 Å². The molecule has 1 rings (SSSR count). The van der Waals surface area contributed by atoms with Gasteiger partial charge in [-0.15, -0.1) is 0 Å². The summed E-state index contributed by atoms with van der Waals surface area (Å²) in [6.45, 7) is 6.95. The van der Waals surface area contributed by atoms with E-state index in [9.17, 15) is 4.79 Å². The third kappa shape index (κ3) is 4.77. The van der Waals surface area contributed by atoms with Gasteiger partial charge >= 0.3 is 0 Å². The molecule has 0 unspecified atom stereocenters. The molecule has 1 aromatic heterocycles. The number of pyridine rings is 1. The van der Waals surface area contributed by atoms with Crippen LogP contribution in [0.5, 0.6) is 0 Å². The molecule has 1 amide bonds. The Hall–Kier alpha value is -0.900. The SMILES string of the molecule is Cc1cnccc1C(=O)NCC(C)(C)CCCBr. The monoisotopic (exact) mass is 312 g/mol. The first-order chi connectivity index (χ1) is 8.46.